The number of aryl methyl sites for hydroxylation is 2. The van der Waals surface area contributed by atoms with Crippen LogP contribution < -0.4 is 10.0 Å². The van der Waals surface area contributed by atoms with Crippen LogP contribution in [0.15, 0.2) is 53.4 Å². The van der Waals surface area contributed by atoms with Crippen LogP contribution in [-0.2, 0) is 14.8 Å². The Bertz CT molecular complexity index is 771. The summed E-state index contributed by atoms with van der Waals surface area (Å²) in [6.45, 7) is 3.23. The second kappa shape index (κ2) is 6.72. The van der Waals surface area contributed by atoms with E-state index < -0.39 is 15.9 Å². The fourth-order valence-electron chi connectivity index (χ4n) is 1.96. The van der Waals surface area contributed by atoms with E-state index >= 15 is 0 Å². The molecule has 0 atom stereocenters. The van der Waals surface area contributed by atoms with Gasteiger partial charge in [0.05, 0.1) is 11.4 Å². The van der Waals surface area contributed by atoms with Gasteiger partial charge in [0.15, 0.2) is 0 Å². The molecule has 0 unspecified atom stereocenters. The molecule has 2 aromatic carbocycles. The molecule has 0 heterocycles. The number of sulfonamides is 1. The van der Waals surface area contributed by atoms with E-state index in [-0.39, 0.29) is 11.4 Å². The maximum Gasteiger partial charge on any atom is 0.241 e. The van der Waals surface area contributed by atoms with Gasteiger partial charge in [-0.25, -0.2) is 13.1 Å². The van der Waals surface area contributed by atoms with Gasteiger partial charge in [-0.3, -0.25) is 4.79 Å². The molecule has 0 spiro atoms. The second-order valence-electron chi connectivity index (χ2n) is 5.01. The fraction of sp³-hybridized carbons (Fsp3) is 0.188. The lowest BCUT2D eigenvalue weighted by molar-refractivity contribution is -0.115. The molecule has 0 fully saturated rings. The zero-order chi connectivity index (χ0) is 16.2. The fourth-order valence-corrected chi connectivity index (χ4v) is 3.27. The molecule has 2 N–H and O–H groups in total. The van der Waals surface area contributed by atoms with E-state index in [1.807, 2.05) is 19.1 Å². The highest BCUT2D eigenvalue weighted by Gasteiger charge is 2.18. The standard InChI is InChI=1S/C16H18N2O3S/c1-12-8-9-13(2)15(10-12)22(20,21)17-11-16(19)18-14-6-4-3-5-7-14/h3-10,17H,11H2,1-2H3,(H,18,19). The minimum Gasteiger partial charge on any atom is -0.325 e. The third-order valence-electron chi connectivity index (χ3n) is 3.11. The number of carbonyl (C=O) groups excluding carboxylic acids is 1. The van der Waals surface area contributed by atoms with Gasteiger partial charge in [-0.05, 0) is 43.2 Å². The first-order valence-corrected chi connectivity index (χ1v) is 8.28. The number of anilines is 1. The Morgan fingerprint density at radius 1 is 1.05 bits per heavy atom. The van der Waals surface area contributed by atoms with Crippen LogP contribution in [0.2, 0.25) is 0 Å². The summed E-state index contributed by atoms with van der Waals surface area (Å²) in [4.78, 5) is 12.0. The first kappa shape index (κ1) is 16.2. The number of hydrogen-bond acceptors (Lipinski definition) is 3. The van der Waals surface area contributed by atoms with Crippen molar-refractivity contribution in [3.05, 3.63) is 59.7 Å². The number of rotatable bonds is 5. The van der Waals surface area contributed by atoms with E-state index in [2.05, 4.69) is 10.0 Å². The Balaban J connectivity index is 2.04. The number of para-hydroxylation sites is 1. The summed E-state index contributed by atoms with van der Waals surface area (Å²) < 4.78 is 26.9. The summed E-state index contributed by atoms with van der Waals surface area (Å²) >= 11 is 0. The molecule has 2 rings (SSSR count). The van der Waals surface area contributed by atoms with Gasteiger partial charge < -0.3 is 5.32 Å². The maximum absolute atomic E-state index is 12.3. The molecule has 22 heavy (non-hydrogen) atoms. The molecular formula is C16H18N2O3S. The topological polar surface area (TPSA) is 75.3 Å². The molecule has 6 heteroatoms. The van der Waals surface area contributed by atoms with Gasteiger partial charge in [0.25, 0.3) is 0 Å². The first-order chi connectivity index (χ1) is 10.4. The Hall–Kier alpha value is -2.18. The molecule has 0 bridgehead atoms. The minimum absolute atomic E-state index is 0.194. The van der Waals surface area contributed by atoms with Crippen LogP contribution in [0.5, 0.6) is 0 Å². The molecule has 0 aromatic heterocycles. The number of hydrogen-bond donors (Lipinski definition) is 2. The molecule has 0 aliphatic carbocycles. The molecule has 0 saturated heterocycles. The highest BCUT2D eigenvalue weighted by molar-refractivity contribution is 7.89. The van der Waals surface area contributed by atoms with Crippen molar-refractivity contribution in [1.82, 2.24) is 4.72 Å². The van der Waals surface area contributed by atoms with Crippen molar-refractivity contribution >= 4 is 21.6 Å². The normalized spacial score (nSPS) is 11.2. The number of amides is 1. The lowest BCUT2D eigenvalue weighted by Gasteiger charge is -2.10. The second-order valence-corrected chi connectivity index (χ2v) is 6.74. The van der Waals surface area contributed by atoms with Crippen LogP contribution in [0.25, 0.3) is 0 Å². The molecule has 5 nitrogen and oxygen atoms in total. The van der Waals surface area contributed by atoms with Crippen LogP contribution >= 0.6 is 0 Å². The SMILES string of the molecule is Cc1ccc(C)c(S(=O)(=O)NCC(=O)Nc2ccccc2)c1. The van der Waals surface area contributed by atoms with E-state index in [4.69, 9.17) is 0 Å². The van der Waals surface area contributed by atoms with Crippen molar-refractivity contribution in [3.63, 3.8) is 0 Å². The van der Waals surface area contributed by atoms with Crippen molar-refractivity contribution in [1.29, 1.82) is 0 Å². The molecular weight excluding hydrogens is 300 g/mol. The summed E-state index contributed by atoms with van der Waals surface area (Å²) in [5.41, 5.74) is 2.11. The average molecular weight is 318 g/mol. The van der Waals surface area contributed by atoms with Gasteiger partial charge in [-0.15, -0.1) is 0 Å². The van der Waals surface area contributed by atoms with E-state index in [1.54, 1.807) is 43.3 Å². The van der Waals surface area contributed by atoms with Crippen molar-refractivity contribution in [2.45, 2.75) is 18.7 Å². The van der Waals surface area contributed by atoms with E-state index in [1.165, 1.54) is 0 Å². The van der Waals surface area contributed by atoms with Crippen molar-refractivity contribution in [2.24, 2.45) is 0 Å². The van der Waals surface area contributed by atoms with Crippen molar-refractivity contribution < 1.29 is 13.2 Å². The first-order valence-electron chi connectivity index (χ1n) is 6.80. The quantitative estimate of drug-likeness (QED) is 0.887. The van der Waals surface area contributed by atoms with Crippen molar-refractivity contribution in [2.75, 3.05) is 11.9 Å². The zero-order valence-corrected chi connectivity index (χ0v) is 13.3. The van der Waals surface area contributed by atoms with Crippen LogP contribution in [0.4, 0.5) is 5.69 Å². The number of benzene rings is 2. The highest BCUT2D eigenvalue weighted by atomic mass is 32.2. The van der Waals surface area contributed by atoms with Crippen molar-refractivity contribution in [3.8, 4) is 0 Å². The predicted molar refractivity (Wildman–Crippen MR) is 86.2 cm³/mol. The zero-order valence-electron chi connectivity index (χ0n) is 12.5. The summed E-state index contributed by atoms with van der Waals surface area (Å²) in [5.74, 6) is -0.417. The van der Waals surface area contributed by atoms with Crippen LogP contribution in [0, 0.1) is 13.8 Å². The Morgan fingerprint density at radius 2 is 1.73 bits per heavy atom. The van der Waals surface area contributed by atoms with E-state index in [9.17, 15) is 13.2 Å². The third-order valence-corrected chi connectivity index (χ3v) is 4.66. The number of carbonyl (C=O) groups is 1. The Kier molecular flexibility index (Phi) is 4.95. The summed E-state index contributed by atoms with van der Waals surface area (Å²) in [6.07, 6.45) is 0. The van der Waals surface area contributed by atoms with Gasteiger partial charge in [-0.2, -0.15) is 0 Å². The van der Waals surface area contributed by atoms with Gasteiger partial charge in [0.1, 0.15) is 0 Å². The average Bonchev–Trinajstić information content (AvgIpc) is 2.49. The molecule has 2 aromatic rings. The lowest BCUT2D eigenvalue weighted by Crippen LogP contribution is -2.33. The smallest absolute Gasteiger partial charge is 0.241 e. The molecule has 0 saturated carbocycles. The number of nitrogens with one attached hydrogen (secondary N) is 2. The highest BCUT2D eigenvalue weighted by Crippen LogP contribution is 2.16. The van der Waals surface area contributed by atoms with E-state index in [0.29, 0.717) is 11.3 Å². The summed E-state index contributed by atoms with van der Waals surface area (Å²) in [5, 5.41) is 2.63. The predicted octanol–water partition coefficient (Wildman–Crippen LogP) is 2.22. The van der Waals surface area contributed by atoms with Gasteiger partial charge in [0.2, 0.25) is 15.9 Å². The Morgan fingerprint density at radius 3 is 2.41 bits per heavy atom. The largest absolute Gasteiger partial charge is 0.325 e. The minimum atomic E-state index is -3.71. The molecule has 116 valence electrons. The molecule has 1 amide bonds. The van der Waals surface area contributed by atoms with Crippen LogP contribution in [0.1, 0.15) is 11.1 Å². The van der Waals surface area contributed by atoms with Gasteiger partial charge in [0, 0.05) is 5.69 Å². The maximum atomic E-state index is 12.3. The summed E-state index contributed by atoms with van der Waals surface area (Å²) in [6, 6.07) is 14.1. The van der Waals surface area contributed by atoms with E-state index in [0.717, 1.165) is 5.56 Å². The van der Waals surface area contributed by atoms with Crippen LogP contribution in [0.3, 0.4) is 0 Å². The summed E-state index contributed by atoms with van der Waals surface area (Å²) in [7, 11) is -3.71. The van der Waals surface area contributed by atoms with Crippen LogP contribution in [-0.4, -0.2) is 20.9 Å². The Labute approximate surface area is 130 Å². The lowest BCUT2D eigenvalue weighted by atomic mass is 10.2. The molecule has 0 radical (unpaired) electrons. The third kappa shape index (κ3) is 4.16. The van der Waals surface area contributed by atoms with Gasteiger partial charge >= 0.3 is 0 Å². The van der Waals surface area contributed by atoms with Gasteiger partial charge in [-0.1, -0.05) is 30.3 Å². The molecule has 0 aliphatic heterocycles. The molecule has 0 aliphatic rings. The monoisotopic (exact) mass is 318 g/mol.